The van der Waals surface area contributed by atoms with Crippen molar-refractivity contribution in [3.05, 3.63) is 100 Å². The number of hydrogen-bond acceptors (Lipinski definition) is 7. The molecule has 0 radical (unpaired) electrons. The lowest BCUT2D eigenvalue weighted by Crippen LogP contribution is -2.37. The molecule has 0 saturated heterocycles. The number of nitrogens with zero attached hydrogens (tertiary/aromatic N) is 1. The van der Waals surface area contributed by atoms with Crippen LogP contribution in [-0.4, -0.2) is 42.3 Å². The van der Waals surface area contributed by atoms with E-state index < -0.39 is 18.6 Å². The van der Waals surface area contributed by atoms with Gasteiger partial charge in [0.2, 0.25) is 0 Å². The molecule has 1 aliphatic heterocycles. The highest BCUT2D eigenvalue weighted by Crippen LogP contribution is 2.29. The lowest BCUT2D eigenvalue weighted by Gasteiger charge is -2.20. The number of carboxylic acid groups (broad SMARTS) is 1. The fraction of sp³-hybridized carbons (Fsp3) is 0.241. The summed E-state index contributed by atoms with van der Waals surface area (Å²) >= 11 is 5.97. The summed E-state index contributed by atoms with van der Waals surface area (Å²) in [5, 5.41) is 13.3. The van der Waals surface area contributed by atoms with Crippen molar-refractivity contribution in [2.45, 2.75) is 26.1 Å². The highest BCUT2D eigenvalue weighted by molar-refractivity contribution is 6.30. The van der Waals surface area contributed by atoms with Crippen LogP contribution in [0.4, 0.5) is 4.79 Å². The van der Waals surface area contributed by atoms with Crippen LogP contribution in [0.1, 0.15) is 30.7 Å². The van der Waals surface area contributed by atoms with Gasteiger partial charge in [0.15, 0.2) is 6.23 Å². The number of amides is 1. The third-order valence-corrected chi connectivity index (χ3v) is 6.22. The van der Waals surface area contributed by atoms with Crippen molar-refractivity contribution >= 4 is 23.7 Å². The van der Waals surface area contributed by atoms with Gasteiger partial charge < -0.3 is 29.4 Å². The van der Waals surface area contributed by atoms with Crippen molar-refractivity contribution < 1.29 is 33.6 Å². The lowest BCUT2D eigenvalue weighted by molar-refractivity contribution is -0.138. The molecule has 10 heteroatoms. The fourth-order valence-electron chi connectivity index (χ4n) is 3.91. The Labute approximate surface area is 231 Å². The first kappa shape index (κ1) is 27.7. The Kier molecular flexibility index (Phi) is 9.17. The van der Waals surface area contributed by atoms with Gasteiger partial charge in [-0.25, -0.2) is 4.79 Å². The van der Waals surface area contributed by atoms with Crippen LogP contribution in [0.3, 0.4) is 0 Å². The maximum Gasteiger partial charge on any atom is 0.416 e. The molecular formula is C29H29ClN2O7. The Balaban J connectivity index is 1.28. The number of benzene rings is 3. The molecular weight excluding hydrogens is 524 g/mol. The maximum absolute atomic E-state index is 12.7. The molecule has 1 amide bonds. The summed E-state index contributed by atoms with van der Waals surface area (Å²) < 4.78 is 22.2. The topological polar surface area (TPSA) is 107 Å². The first-order valence-electron chi connectivity index (χ1n) is 12.2. The molecule has 4 rings (SSSR count). The summed E-state index contributed by atoms with van der Waals surface area (Å²) in [4.78, 5) is 25.1. The van der Waals surface area contributed by atoms with Gasteiger partial charge in [-0.05, 0) is 61.0 Å². The number of hydrogen-bond donors (Lipinski definition) is 2. The number of ether oxygens (including phenoxy) is 4. The second-order valence-corrected chi connectivity index (χ2v) is 9.20. The molecule has 0 saturated carbocycles. The molecule has 0 aliphatic carbocycles. The van der Waals surface area contributed by atoms with Crippen LogP contribution in [0.2, 0.25) is 5.02 Å². The SMILES string of the molecule is COc1ccc(OC(=O)N(CC(=O)O)Cc2ccc(OCCC3=C(C)OC(c4ccc(Cl)cc4)N3)cc2)cc1. The highest BCUT2D eigenvalue weighted by atomic mass is 35.5. The first-order chi connectivity index (χ1) is 18.8. The summed E-state index contributed by atoms with van der Waals surface area (Å²) in [6.45, 7) is 1.89. The van der Waals surface area contributed by atoms with Gasteiger partial charge in [-0.1, -0.05) is 35.9 Å². The minimum Gasteiger partial charge on any atom is -0.497 e. The van der Waals surface area contributed by atoms with Crippen molar-refractivity contribution in [2.24, 2.45) is 0 Å². The summed E-state index contributed by atoms with van der Waals surface area (Å²) in [5.74, 6) is 1.21. The van der Waals surface area contributed by atoms with Crippen LogP contribution in [0.15, 0.2) is 84.3 Å². The molecule has 0 bridgehead atoms. The number of carbonyl (C=O) groups is 2. The quantitative estimate of drug-likeness (QED) is 0.309. The zero-order valence-corrected chi connectivity index (χ0v) is 22.3. The lowest BCUT2D eigenvalue weighted by atomic mass is 10.2. The first-order valence-corrected chi connectivity index (χ1v) is 12.6. The molecule has 0 spiro atoms. The number of carboxylic acids is 1. The average Bonchev–Trinajstić information content (AvgIpc) is 3.30. The molecule has 1 aliphatic rings. The molecule has 39 heavy (non-hydrogen) atoms. The number of allylic oxidation sites excluding steroid dienone is 1. The summed E-state index contributed by atoms with van der Waals surface area (Å²) in [6, 6.07) is 21.1. The van der Waals surface area contributed by atoms with E-state index >= 15 is 0 Å². The zero-order valence-electron chi connectivity index (χ0n) is 21.6. The normalized spacial score (nSPS) is 14.3. The summed E-state index contributed by atoms with van der Waals surface area (Å²) in [5.41, 5.74) is 2.67. The van der Waals surface area contributed by atoms with E-state index in [0.29, 0.717) is 29.5 Å². The van der Waals surface area contributed by atoms with E-state index in [0.717, 1.165) is 27.5 Å². The third-order valence-electron chi connectivity index (χ3n) is 5.96. The van der Waals surface area contributed by atoms with Crippen LogP contribution in [-0.2, 0) is 16.1 Å². The fourth-order valence-corrected chi connectivity index (χ4v) is 4.04. The molecule has 3 aromatic carbocycles. The molecule has 3 aromatic rings. The minimum absolute atomic E-state index is 0.0565. The summed E-state index contributed by atoms with van der Waals surface area (Å²) in [7, 11) is 1.53. The van der Waals surface area contributed by atoms with Gasteiger partial charge in [0.1, 0.15) is 29.6 Å². The number of carbonyl (C=O) groups excluding carboxylic acids is 1. The molecule has 9 nitrogen and oxygen atoms in total. The standard InChI is InChI=1S/C29H29ClN2O7/c1-19-26(31-28(38-19)21-5-7-22(30)8-6-21)15-16-37-24-9-3-20(4-10-24)17-32(18-27(33)34)29(35)39-25-13-11-23(36-2)12-14-25/h3-14,28,31H,15-18H2,1-2H3,(H,33,34). The smallest absolute Gasteiger partial charge is 0.416 e. The van der Waals surface area contributed by atoms with E-state index in [1.807, 2.05) is 31.2 Å². The Bertz CT molecular complexity index is 1310. The molecule has 2 N–H and O–H groups in total. The number of aliphatic carboxylic acids is 1. The van der Waals surface area contributed by atoms with E-state index in [1.165, 1.54) is 7.11 Å². The van der Waals surface area contributed by atoms with E-state index in [9.17, 15) is 14.7 Å². The predicted octanol–water partition coefficient (Wildman–Crippen LogP) is 5.75. The van der Waals surface area contributed by atoms with Crippen molar-refractivity contribution in [1.29, 1.82) is 0 Å². The van der Waals surface area contributed by atoms with Crippen LogP contribution in [0.25, 0.3) is 0 Å². The van der Waals surface area contributed by atoms with Crippen molar-refractivity contribution in [3.8, 4) is 17.2 Å². The average molecular weight is 553 g/mol. The van der Waals surface area contributed by atoms with Gasteiger partial charge in [-0.2, -0.15) is 0 Å². The highest BCUT2D eigenvalue weighted by Gasteiger charge is 2.23. The molecule has 0 fully saturated rings. The van der Waals surface area contributed by atoms with Crippen molar-refractivity contribution in [3.63, 3.8) is 0 Å². The van der Waals surface area contributed by atoms with Gasteiger partial charge in [-0.15, -0.1) is 0 Å². The molecule has 1 heterocycles. The second-order valence-electron chi connectivity index (χ2n) is 8.76. The van der Waals surface area contributed by atoms with E-state index in [2.05, 4.69) is 5.32 Å². The van der Waals surface area contributed by atoms with Crippen LogP contribution >= 0.6 is 11.6 Å². The molecule has 0 aromatic heterocycles. The number of rotatable bonds is 11. The van der Waals surface area contributed by atoms with Gasteiger partial charge in [0.05, 0.1) is 19.4 Å². The molecule has 204 valence electrons. The van der Waals surface area contributed by atoms with Gasteiger partial charge >= 0.3 is 12.1 Å². The Morgan fingerprint density at radius 3 is 2.26 bits per heavy atom. The Morgan fingerprint density at radius 2 is 1.62 bits per heavy atom. The molecule has 1 atom stereocenters. The zero-order chi connectivity index (χ0) is 27.8. The Hall–Kier alpha value is -4.37. The maximum atomic E-state index is 12.7. The minimum atomic E-state index is -1.14. The van der Waals surface area contributed by atoms with E-state index in [1.54, 1.807) is 48.5 Å². The van der Waals surface area contributed by atoms with Gasteiger partial charge in [0, 0.05) is 23.6 Å². The predicted molar refractivity (Wildman–Crippen MR) is 145 cm³/mol. The van der Waals surface area contributed by atoms with Crippen molar-refractivity contribution in [1.82, 2.24) is 10.2 Å². The summed E-state index contributed by atoms with van der Waals surface area (Å²) in [6.07, 6.45) is -0.405. The number of halogens is 1. The Morgan fingerprint density at radius 1 is 0.974 bits per heavy atom. The molecule has 1 unspecified atom stereocenters. The van der Waals surface area contributed by atoms with Crippen LogP contribution in [0.5, 0.6) is 17.2 Å². The number of methoxy groups -OCH3 is 1. The van der Waals surface area contributed by atoms with E-state index in [-0.39, 0.29) is 18.5 Å². The van der Waals surface area contributed by atoms with Crippen LogP contribution < -0.4 is 19.5 Å². The largest absolute Gasteiger partial charge is 0.497 e. The second kappa shape index (κ2) is 12.9. The van der Waals surface area contributed by atoms with Gasteiger partial charge in [-0.3, -0.25) is 9.69 Å². The van der Waals surface area contributed by atoms with Crippen LogP contribution in [0, 0.1) is 0 Å². The van der Waals surface area contributed by atoms with Crippen molar-refractivity contribution in [2.75, 3.05) is 20.3 Å². The monoisotopic (exact) mass is 552 g/mol. The number of nitrogens with one attached hydrogen (secondary N) is 1. The van der Waals surface area contributed by atoms with E-state index in [4.69, 9.17) is 30.5 Å². The third kappa shape index (κ3) is 7.81. The van der Waals surface area contributed by atoms with Gasteiger partial charge in [0.25, 0.3) is 0 Å².